The number of hydrogen-bond donors (Lipinski definition) is 1. The molecule has 0 radical (unpaired) electrons. The van der Waals surface area contributed by atoms with Gasteiger partial charge in [-0.1, -0.05) is 30.3 Å². The summed E-state index contributed by atoms with van der Waals surface area (Å²) in [6.07, 6.45) is 7.63. The van der Waals surface area contributed by atoms with Crippen molar-refractivity contribution in [2.75, 3.05) is 31.1 Å². The van der Waals surface area contributed by atoms with Crippen molar-refractivity contribution in [2.24, 2.45) is 0 Å². The number of fused-ring (bicyclic) bond motifs is 2. The molecule has 2 amide bonds. The number of anilines is 1. The van der Waals surface area contributed by atoms with Crippen LogP contribution in [0.15, 0.2) is 52.5 Å². The van der Waals surface area contributed by atoms with Gasteiger partial charge in [0.2, 0.25) is 5.91 Å². The number of hydrogen-bond acceptors (Lipinski definition) is 5. The van der Waals surface area contributed by atoms with Gasteiger partial charge in [0.15, 0.2) is 0 Å². The van der Waals surface area contributed by atoms with Crippen molar-refractivity contribution >= 4 is 29.3 Å². The van der Waals surface area contributed by atoms with Crippen LogP contribution < -0.4 is 10.2 Å². The van der Waals surface area contributed by atoms with Crippen LogP contribution in [0.3, 0.4) is 0 Å². The van der Waals surface area contributed by atoms with E-state index < -0.39 is 0 Å². The Bertz CT molecular complexity index is 951. The number of piperidine rings is 1. The van der Waals surface area contributed by atoms with Crippen molar-refractivity contribution in [3.05, 3.63) is 48.2 Å². The summed E-state index contributed by atoms with van der Waals surface area (Å²) in [5.41, 5.74) is 1.50. The number of carbonyl (C=O) groups is 2. The van der Waals surface area contributed by atoms with Gasteiger partial charge < -0.3 is 15.1 Å². The van der Waals surface area contributed by atoms with Gasteiger partial charge in [-0.05, 0) is 63.4 Å². The minimum absolute atomic E-state index is 0.0541. The Morgan fingerprint density at radius 1 is 1.16 bits per heavy atom. The predicted molar refractivity (Wildman–Crippen MR) is 128 cm³/mol. The summed E-state index contributed by atoms with van der Waals surface area (Å²) in [4.78, 5) is 35.3. The van der Waals surface area contributed by atoms with Gasteiger partial charge in [-0.2, -0.15) is 0 Å². The standard InChI is InChI=1S/C25H32N4O2S/c1-19-9-4-5-16-28(19)17-8-15-26-23(30)13-7-18-29-21-11-2-3-12-22(21)32-24-20(25(29)31)10-6-14-27-24/h2-3,6,10-12,14,19H,4-5,7-9,13,15-18H2,1H3,(H,26,30)/t19-/m1/s1. The second kappa shape index (κ2) is 11.0. The maximum atomic E-state index is 13.2. The number of pyridine rings is 1. The molecule has 1 fully saturated rings. The normalized spacial score (nSPS) is 18.6. The van der Waals surface area contributed by atoms with E-state index in [4.69, 9.17) is 0 Å². The summed E-state index contributed by atoms with van der Waals surface area (Å²) >= 11 is 1.52. The molecule has 0 spiro atoms. The third kappa shape index (κ3) is 5.51. The SMILES string of the molecule is C[C@@H]1CCCCN1CCCNC(=O)CCCN1C(=O)c2cccnc2Sc2ccccc21. The van der Waals surface area contributed by atoms with E-state index in [0.29, 0.717) is 37.5 Å². The van der Waals surface area contributed by atoms with Crippen LogP contribution in [0.2, 0.25) is 0 Å². The predicted octanol–water partition coefficient (Wildman–Crippen LogP) is 4.35. The molecule has 0 aliphatic carbocycles. The minimum Gasteiger partial charge on any atom is -0.356 e. The van der Waals surface area contributed by atoms with Crippen molar-refractivity contribution in [3.8, 4) is 0 Å². The van der Waals surface area contributed by atoms with Crippen molar-refractivity contribution in [2.45, 2.75) is 61.4 Å². The highest BCUT2D eigenvalue weighted by Gasteiger charge is 2.27. The summed E-state index contributed by atoms with van der Waals surface area (Å²) < 4.78 is 0. The van der Waals surface area contributed by atoms with E-state index in [0.717, 1.165) is 28.6 Å². The zero-order valence-electron chi connectivity index (χ0n) is 18.8. The molecule has 1 aromatic heterocycles. The molecule has 7 heteroatoms. The monoisotopic (exact) mass is 452 g/mol. The van der Waals surface area contributed by atoms with E-state index in [9.17, 15) is 9.59 Å². The van der Waals surface area contributed by atoms with Crippen LogP contribution in [0.4, 0.5) is 5.69 Å². The average molecular weight is 453 g/mol. The lowest BCUT2D eigenvalue weighted by Gasteiger charge is -2.33. The Morgan fingerprint density at radius 2 is 2.03 bits per heavy atom. The van der Waals surface area contributed by atoms with Crippen LogP contribution in [0, 0.1) is 0 Å². The van der Waals surface area contributed by atoms with Crippen LogP contribution in [-0.4, -0.2) is 53.9 Å². The minimum atomic E-state index is -0.0541. The highest BCUT2D eigenvalue weighted by molar-refractivity contribution is 7.99. The van der Waals surface area contributed by atoms with Crippen LogP contribution in [0.1, 0.15) is 55.8 Å². The number of amides is 2. The third-order valence-corrected chi connectivity index (χ3v) is 7.36. The fraction of sp³-hybridized carbons (Fsp3) is 0.480. The molecule has 2 aliphatic rings. The average Bonchev–Trinajstić information content (AvgIpc) is 2.92. The van der Waals surface area contributed by atoms with E-state index >= 15 is 0 Å². The first-order valence-electron chi connectivity index (χ1n) is 11.7. The molecule has 2 aromatic rings. The number of aromatic nitrogens is 1. The number of nitrogens with zero attached hydrogens (tertiary/aromatic N) is 3. The molecule has 1 atom stereocenters. The second-order valence-corrected chi connectivity index (χ2v) is 9.60. The molecule has 4 rings (SSSR count). The Labute approximate surface area is 194 Å². The van der Waals surface area contributed by atoms with Gasteiger partial charge in [-0.15, -0.1) is 0 Å². The first-order valence-corrected chi connectivity index (χ1v) is 12.5. The molecule has 1 aromatic carbocycles. The summed E-state index contributed by atoms with van der Waals surface area (Å²) in [6, 6.07) is 12.2. The van der Waals surface area contributed by atoms with E-state index in [-0.39, 0.29) is 11.8 Å². The van der Waals surface area contributed by atoms with E-state index in [1.54, 1.807) is 17.2 Å². The summed E-state index contributed by atoms with van der Waals surface area (Å²) in [5.74, 6) is 0.00491. The van der Waals surface area contributed by atoms with Gasteiger partial charge in [-0.25, -0.2) is 4.98 Å². The highest BCUT2D eigenvalue weighted by Crippen LogP contribution is 2.40. The number of likely N-dealkylation sites (tertiary alicyclic amines) is 1. The number of benzene rings is 1. The fourth-order valence-corrected chi connectivity index (χ4v) is 5.48. The van der Waals surface area contributed by atoms with Crippen molar-refractivity contribution in [3.63, 3.8) is 0 Å². The van der Waals surface area contributed by atoms with Crippen molar-refractivity contribution in [1.82, 2.24) is 15.2 Å². The molecule has 2 aliphatic heterocycles. The highest BCUT2D eigenvalue weighted by atomic mass is 32.2. The van der Waals surface area contributed by atoms with Gasteiger partial charge in [0, 0.05) is 43.2 Å². The van der Waals surface area contributed by atoms with Gasteiger partial charge in [-0.3, -0.25) is 9.59 Å². The Morgan fingerprint density at radius 3 is 2.91 bits per heavy atom. The van der Waals surface area contributed by atoms with Gasteiger partial charge in [0.25, 0.3) is 5.91 Å². The maximum Gasteiger partial charge on any atom is 0.261 e. The van der Waals surface area contributed by atoms with Gasteiger partial charge in [0.1, 0.15) is 5.03 Å². The summed E-state index contributed by atoms with van der Waals surface area (Å²) in [5, 5.41) is 3.78. The first-order chi connectivity index (χ1) is 15.6. The Hall–Kier alpha value is -2.38. The molecule has 0 bridgehead atoms. The molecule has 3 heterocycles. The molecule has 170 valence electrons. The van der Waals surface area contributed by atoms with Crippen LogP contribution in [0.5, 0.6) is 0 Å². The lowest BCUT2D eigenvalue weighted by molar-refractivity contribution is -0.121. The number of rotatable bonds is 8. The Kier molecular flexibility index (Phi) is 7.81. The molecule has 0 unspecified atom stereocenters. The third-order valence-electron chi connectivity index (χ3n) is 6.28. The van der Waals surface area contributed by atoms with Crippen molar-refractivity contribution < 1.29 is 9.59 Å². The molecule has 1 saturated heterocycles. The van der Waals surface area contributed by atoms with Crippen LogP contribution >= 0.6 is 11.8 Å². The second-order valence-electron chi connectivity index (χ2n) is 8.57. The molecule has 6 nitrogen and oxygen atoms in total. The van der Waals surface area contributed by atoms with Gasteiger partial charge in [0.05, 0.1) is 11.3 Å². The first kappa shape index (κ1) is 22.8. The van der Waals surface area contributed by atoms with Crippen LogP contribution in [0.25, 0.3) is 0 Å². The number of para-hydroxylation sites is 1. The van der Waals surface area contributed by atoms with E-state index in [1.165, 1.54) is 37.6 Å². The maximum absolute atomic E-state index is 13.2. The number of nitrogens with one attached hydrogen (secondary N) is 1. The summed E-state index contributed by atoms with van der Waals surface area (Å²) in [7, 11) is 0. The molecule has 1 N–H and O–H groups in total. The zero-order chi connectivity index (χ0) is 22.3. The molecular formula is C25H32N4O2S. The lowest BCUT2D eigenvalue weighted by atomic mass is 10.0. The molecule has 32 heavy (non-hydrogen) atoms. The van der Waals surface area contributed by atoms with Crippen LogP contribution in [-0.2, 0) is 4.79 Å². The molecule has 0 saturated carbocycles. The number of carbonyl (C=O) groups excluding carboxylic acids is 2. The van der Waals surface area contributed by atoms with E-state index in [1.807, 2.05) is 30.3 Å². The smallest absolute Gasteiger partial charge is 0.261 e. The van der Waals surface area contributed by atoms with E-state index in [2.05, 4.69) is 22.1 Å². The topological polar surface area (TPSA) is 65.5 Å². The lowest BCUT2D eigenvalue weighted by Crippen LogP contribution is -2.39. The van der Waals surface area contributed by atoms with Crippen molar-refractivity contribution in [1.29, 1.82) is 0 Å². The zero-order valence-corrected chi connectivity index (χ0v) is 19.6. The largest absolute Gasteiger partial charge is 0.356 e. The molecular weight excluding hydrogens is 420 g/mol. The Balaban J connectivity index is 1.27. The van der Waals surface area contributed by atoms with Gasteiger partial charge >= 0.3 is 0 Å². The summed E-state index contributed by atoms with van der Waals surface area (Å²) in [6.45, 7) is 5.74. The fourth-order valence-electron chi connectivity index (χ4n) is 4.47. The quantitative estimate of drug-likeness (QED) is 0.603.